The standard InChI is InChI=1S/C7H6NO.CH4N2S.ClH.Pd/c8-5-6-3-1-2-4-7(6)9;2-1(3)4;;/h1-5,9H;(H4,2,3,4);1H;/q-1;;;+2/p-1. The van der Waals surface area contributed by atoms with E-state index in [2.05, 4.69) is 51.4 Å². The summed E-state index contributed by atoms with van der Waals surface area (Å²) < 4.78 is 0. The van der Waals surface area contributed by atoms with Gasteiger partial charge in [0.25, 0.3) is 0 Å². The van der Waals surface area contributed by atoms with Gasteiger partial charge in [0.05, 0.1) is 0 Å². The van der Waals surface area contributed by atoms with Crippen LogP contribution >= 0.6 is 21.7 Å². The minimum atomic E-state index is 0.000000000000000222. The molecule has 1 rings (SSSR count). The van der Waals surface area contributed by atoms with E-state index in [0.717, 1.165) is 6.21 Å². The number of hydrogen-bond acceptors (Lipinski definition) is 2. The fourth-order valence-electron chi connectivity index (χ4n) is 0.597. The molecule has 0 aromatic heterocycles. The number of phenolic OH excluding ortho intramolecular Hbond substituents is 1. The van der Waals surface area contributed by atoms with Crippen LogP contribution in [0.2, 0.25) is 0 Å². The van der Waals surface area contributed by atoms with Gasteiger partial charge < -0.3 is 22.0 Å². The molecule has 4 nitrogen and oxygen atoms in total. The van der Waals surface area contributed by atoms with E-state index in [4.69, 9.17) is 10.5 Å². The smallest absolute Gasteiger partial charge is 0.120 e. The summed E-state index contributed by atoms with van der Waals surface area (Å²) in [5, 5.41) is 17.4. The molecular weight excluding hydrogens is 328 g/mol. The normalized spacial score (nSPS) is 7.40. The quantitative estimate of drug-likeness (QED) is 0.408. The van der Waals surface area contributed by atoms with Gasteiger partial charge in [-0.3, -0.25) is 0 Å². The molecule has 0 bridgehead atoms. The van der Waals surface area contributed by atoms with Crippen LogP contribution < -0.4 is 11.5 Å². The number of halogens is 1. The van der Waals surface area contributed by atoms with Gasteiger partial charge in [-0.25, -0.2) is 0 Å². The zero-order valence-corrected chi connectivity index (χ0v) is 10.7. The summed E-state index contributed by atoms with van der Waals surface area (Å²) in [6, 6.07) is 6.57. The molecule has 0 atom stereocenters. The Morgan fingerprint density at radius 3 is 2.07 bits per heavy atom. The van der Waals surface area contributed by atoms with Gasteiger partial charge in [-0.15, -0.1) is 0 Å². The Bertz CT molecular complexity index is 308. The maximum atomic E-state index is 8.92. The third-order valence-electron chi connectivity index (χ3n) is 1.08. The summed E-state index contributed by atoms with van der Waals surface area (Å²) in [6.45, 7) is 0. The van der Waals surface area contributed by atoms with E-state index in [1.807, 2.05) is 0 Å². The average Bonchev–Trinajstić information content (AvgIpc) is 2.21. The van der Waals surface area contributed by atoms with Crippen LogP contribution in [0.25, 0.3) is 5.41 Å². The van der Waals surface area contributed by atoms with Crippen molar-refractivity contribution in [1.82, 2.24) is 0 Å². The minimum absolute atomic E-state index is 0.000000000000000222. The van der Waals surface area contributed by atoms with Gasteiger partial charge in [0.2, 0.25) is 0 Å². The van der Waals surface area contributed by atoms with Gasteiger partial charge in [0.15, 0.2) is 5.11 Å². The SMILES string of the molecule is NC(N)=S.[Cl][Pd+].[N-]=Cc1ccccc1O. The van der Waals surface area contributed by atoms with Crippen LogP contribution in [0, 0.1) is 0 Å². The second-order valence-corrected chi connectivity index (χ2v) is 2.56. The molecular formula is C8H10ClN3OPdS. The number of phenols is 1. The van der Waals surface area contributed by atoms with E-state index in [1.54, 1.807) is 18.2 Å². The predicted octanol–water partition coefficient (Wildman–Crippen LogP) is 1.26. The second-order valence-electron chi connectivity index (χ2n) is 2.09. The topological polar surface area (TPSA) is 94.6 Å². The van der Waals surface area contributed by atoms with Crippen molar-refractivity contribution < 1.29 is 23.3 Å². The van der Waals surface area contributed by atoms with Crippen molar-refractivity contribution in [1.29, 1.82) is 0 Å². The summed E-state index contributed by atoms with van der Waals surface area (Å²) in [5.41, 5.74) is 9.68. The van der Waals surface area contributed by atoms with Gasteiger partial charge in [0, 0.05) is 0 Å². The third kappa shape index (κ3) is 11.3. The Morgan fingerprint density at radius 1 is 1.40 bits per heavy atom. The van der Waals surface area contributed by atoms with Gasteiger partial charge in [-0.2, -0.15) is 6.21 Å². The Labute approximate surface area is 108 Å². The Balaban J connectivity index is 0. The maximum Gasteiger partial charge on any atom is 0.120 e. The Hall–Kier alpha value is -0.668. The van der Waals surface area contributed by atoms with E-state index < -0.39 is 0 Å². The molecule has 0 fully saturated rings. The number of benzene rings is 1. The molecule has 0 aliphatic carbocycles. The van der Waals surface area contributed by atoms with E-state index in [9.17, 15) is 0 Å². The first kappa shape index (κ1) is 16.8. The van der Waals surface area contributed by atoms with Gasteiger partial charge in [0.1, 0.15) is 5.75 Å². The molecule has 0 aliphatic heterocycles. The monoisotopic (exact) mass is 337 g/mol. The third-order valence-corrected chi connectivity index (χ3v) is 1.08. The number of aromatic hydroxyl groups is 1. The number of nitrogens with two attached hydrogens (primary N) is 2. The summed E-state index contributed by atoms with van der Waals surface area (Å²) in [5.74, 6) is 0.0972. The van der Waals surface area contributed by atoms with Crippen molar-refractivity contribution in [2.24, 2.45) is 11.5 Å². The molecule has 0 radical (unpaired) electrons. The number of rotatable bonds is 1. The van der Waals surface area contributed by atoms with Crippen LogP contribution in [-0.4, -0.2) is 16.4 Å². The first-order chi connectivity index (χ1) is 7.07. The van der Waals surface area contributed by atoms with Gasteiger partial charge >= 0.3 is 27.7 Å². The number of nitrogens with zero attached hydrogens (tertiary/aromatic N) is 1. The van der Waals surface area contributed by atoms with Crippen molar-refractivity contribution in [2.75, 3.05) is 0 Å². The second kappa shape index (κ2) is 11.4. The first-order valence-corrected chi connectivity index (χ1v) is 5.91. The Morgan fingerprint density at radius 2 is 1.80 bits per heavy atom. The summed E-state index contributed by atoms with van der Waals surface area (Å²) in [7, 11) is 4.49. The molecule has 1 aromatic rings. The van der Waals surface area contributed by atoms with Gasteiger partial charge in [-0.05, 0) is 23.8 Å². The molecule has 0 saturated carbocycles. The number of para-hydroxylation sites is 1. The number of hydrogen-bond donors (Lipinski definition) is 3. The molecule has 86 valence electrons. The van der Waals surface area contributed by atoms with Crippen LogP contribution in [0.4, 0.5) is 0 Å². The largest absolute Gasteiger partial charge is 0.810 e. The zero-order valence-electron chi connectivity index (χ0n) is 7.54. The van der Waals surface area contributed by atoms with Crippen molar-refractivity contribution in [3.05, 3.63) is 35.2 Å². The van der Waals surface area contributed by atoms with Crippen molar-refractivity contribution >= 4 is 33.1 Å². The average molecular weight is 338 g/mol. The van der Waals surface area contributed by atoms with E-state index in [0.29, 0.717) is 5.56 Å². The molecule has 15 heavy (non-hydrogen) atoms. The van der Waals surface area contributed by atoms with Gasteiger partial charge in [-0.1, -0.05) is 18.2 Å². The fraction of sp³-hybridized carbons (Fsp3) is 0. The first-order valence-electron chi connectivity index (χ1n) is 3.50. The molecule has 1 aromatic carbocycles. The maximum absolute atomic E-state index is 8.92. The van der Waals surface area contributed by atoms with Crippen LogP contribution in [-0.2, 0) is 18.2 Å². The van der Waals surface area contributed by atoms with E-state index in [1.165, 1.54) is 6.07 Å². The molecule has 0 spiro atoms. The molecule has 0 amide bonds. The molecule has 0 unspecified atom stereocenters. The zero-order chi connectivity index (χ0) is 12.3. The van der Waals surface area contributed by atoms with Crippen molar-refractivity contribution in [3.63, 3.8) is 0 Å². The van der Waals surface area contributed by atoms with Crippen molar-refractivity contribution in [3.8, 4) is 5.75 Å². The van der Waals surface area contributed by atoms with Crippen LogP contribution in [0.3, 0.4) is 0 Å². The summed E-state index contributed by atoms with van der Waals surface area (Å²) in [6.07, 6.45) is 0.870. The van der Waals surface area contributed by atoms with Crippen molar-refractivity contribution in [2.45, 2.75) is 0 Å². The molecule has 0 aliphatic rings. The number of thiocarbonyl (C=S) groups is 1. The van der Waals surface area contributed by atoms with E-state index in [-0.39, 0.29) is 10.9 Å². The minimum Gasteiger partial charge on any atom is -0.810 e. The molecule has 0 saturated heterocycles. The van der Waals surface area contributed by atoms with Crippen LogP contribution in [0.15, 0.2) is 24.3 Å². The summed E-state index contributed by atoms with van der Waals surface area (Å²) >= 11 is 6.31. The molecule has 7 heteroatoms. The molecule has 5 N–H and O–H groups in total. The van der Waals surface area contributed by atoms with Crippen LogP contribution in [0.5, 0.6) is 5.75 Å². The van der Waals surface area contributed by atoms with Crippen LogP contribution in [0.1, 0.15) is 5.56 Å². The fourth-order valence-corrected chi connectivity index (χ4v) is 0.597. The summed E-state index contributed by atoms with van der Waals surface area (Å²) in [4.78, 5) is 0. The van der Waals surface area contributed by atoms with E-state index >= 15 is 0 Å². The molecule has 0 heterocycles. The predicted molar refractivity (Wildman–Crippen MR) is 63.5 cm³/mol. The Kier molecular flexibility index (Phi) is 12.7.